The molecule has 3 aromatic rings. The zero-order chi connectivity index (χ0) is 21.3. The SMILES string of the molecule is COc1cc(C=NNC(=O)Cc2ccccc2)ccc1OC(=O)c1cccc(Br)c1. The number of rotatable bonds is 7. The summed E-state index contributed by atoms with van der Waals surface area (Å²) in [6.07, 6.45) is 1.73. The summed E-state index contributed by atoms with van der Waals surface area (Å²) >= 11 is 3.33. The number of hydrogen-bond acceptors (Lipinski definition) is 5. The van der Waals surface area contributed by atoms with Crippen LogP contribution in [0.5, 0.6) is 11.5 Å². The van der Waals surface area contributed by atoms with Crippen LogP contribution < -0.4 is 14.9 Å². The lowest BCUT2D eigenvalue weighted by atomic mass is 10.1. The molecule has 3 aromatic carbocycles. The lowest BCUT2D eigenvalue weighted by Crippen LogP contribution is -2.19. The second kappa shape index (κ2) is 10.4. The van der Waals surface area contributed by atoms with Crippen molar-refractivity contribution in [3.63, 3.8) is 0 Å². The number of esters is 1. The zero-order valence-electron chi connectivity index (χ0n) is 16.2. The first-order chi connectivity index (χ1) is 14.5. The number of methoxy groups -OCH3 is 1. The molecule has 0 aliphatic carbocycles. The van der Waals surface area contributed by atoms with E-state index in [-0.39, 0.29) is 18.1 Å². The van der Waals surface area contributed by atoms with Crippen LogP contribution in [0.15, 0.2) is 82.4 Å². The van der Waals surface area contributed by atoms with Gasteiger partial charge in [0.05, 0.1) is 25.3 Å². The summed E-state index contributed by atoms with van der Waals surface area (Å²) in [5.41, 5.74) is 4.49. The number of carbonyl (C=O) groups excluding carboxylic acids is 2. The van der Waals surface area contributed by atoms with Crippen molar-refractivity contribution in [1.82, 2.24) is 5.43 Å². The molecule has 0 aromatic heterocycles. The van der Waals surface area contributed by atoms with E-state index in [0.29, 0.717) is 16.9 Å². The van der Waals surface area contributed by atoms with E-state index in [2.05, 4.69) is 26.5 Å². The number of nitrogens with zero attached hydrogens (tertiary/aromatic N) is 1. The molecule has 0 aliphatic rings. The normalized spacial score (nSPS) is 10.6. The highest BCUT2D eigenvalue weighted by Crippen LogP contribution is 2.28. The third kappa shape index (κ3) is 6.02. The maximum Gasteiger partial charge on any atom is 0.343 e. The van der Waals surface area contributed by atoms with Crippen LogP contribution in [-0.4, -0.2) is 25.2 Å². The fourth-order valence-corrected chi connectivity index (χ4v) is 3.02. The number of ether oxygens (including phenoxy) is 2. The summed E-state index contributed by atoms with van der Waals surface area (Å²) in [6.45, 7) is 0. The molecule has 0 unspecified atom stereocenters. The predicted octanol–water partition coefficient (Wildman–Crippen LogP) is 4.37. The summed E-state index contributed by atoms with van der Waals surface area (Å²) in [5.74, 6) is -0.0566. The second-order valence-corrected chi connectivity index (χ2v) is 7.18. The Morgan fingerprint density at radius 3 is 2.53 bits per heavy atom. The quantitative estimate of drug-likeness (QED) is 0.242. The molecule has 0 fully saturated rings. The minimum absolute atomic E-state index is 0.219. The molecule has 30 heavy (non-hydrogen) atoms. The molecule has 3 rings (SSSR count). The molecule has 0 spiro atoms. The fourth-order valence-electron chi connectivity index (χ4n) is 2.62. The van der Waals surface area contributed by atoms with Crippen molar-refractivity contribution in [2.24, 2.45) is 5.10 Å². The molecule has 0 saturated carbocycles. The lowest BCUT2D eigenvalue weighted by molar-refractivity contribution is -0.120. The van der Waals surface area contributed by atoms with Gasteiger partial charge in [-0.05, 0) is 47.5 Å². The van der Waals surface area contributed by atoms with E-state index in [0.717, 1.165) is 10.0 Å². The van der Waals surface area contributed by atoms with E-state index >= 15 is 0 Å². The first-order valence-corrected chi connectivity index (χ1v) is 9.86. The van der Waals surface area contributed by atoms with Crippen molar-refractivity contribution in [2.75, 3.05) is 7.11 Å². The first kappa shape index (κ1) is 21.3. The average molecular weight is 467 g/mol. The Labute approximate surface area is 182 Å². The van der Waals surface area contributed by atoms with Crippen LogP contribution in [0.3, 0.4) is 0 Å². The van der Waals surface area contributed by atoms with E-state index in [1.807, 2.05) is 36.4 Å². The fraction of sp³-hybridized carbons (Fsp3) is 0.0870. The Bertz CT molecular complexity index is 1070. The van der Waals surface area contributed by atoms with E-state index in [4.69, 9.17) is 9.47 Å². The van der Waals surface area contributed by atoms with Crippen molar-refractivity contribution in [3.8, 4) is 11.5 Å². The second-order valence-electron chi connectivity index (χ2n) is 6.27. The van der Waals surface area contributed by atoms with Crippen LogP contribution in [0, 0.1) is 0 Å². The molecule has 0 radical (unpaired) electrons. The monoisotopic (exact) mass is 466 g/mol. The van der Waals surface area contributed by atoms with Gasteiger partial charge in [0.2, 0.25) is 5.91 Å². The molecule has 0 bridgehead atoms. The third-order valence-electron chi connectivity index (χ3n) is 4.06. The van der Waals surface area contributed by atoms with Gasteiger partial charge >= 0.3 is 5.97 Å². The van der Waals surface area contributed by atoms with Crippen LogP contribution in [0.2, 0.25) is 0 Å². The van der Waals surface area contributed by atoms with Crippen LogP contribution in [-0.2, 0) is 11.2 Å². The van der Waals surface area contributed by atoms with Crippen molar-refractivity contribution in [3.05, 3.63) is 94.0 Å². The highest BCUT2D eigenvalue weighted by molar-refractivity contribution is 9.10. The van der Waals surface area contributed by atoms with E-state index in [1.54, 1.807) is 36.4 Å². The van der Waals surface area contributed by atoms with Gasteiger partial charge in [-0.3, -0.25) is 4.79 Å². The summed E-state index contributed by atoms with van der Waals surface area (Å²) in [7, 11) is 1.48. The van der Waals surface area contributed by atoms with Crippen molar-refractivity contribution < 1.29 is 19.1 Å². The Morgan fingerprint density at radius 2 is 1.80 bits per heavy atom. The van der Waals surface area contributed by atoms with Crippen LogP contribution in [0.25, 0.3) is 0 Å². The maximum absolute atomic E-state index is 12.3. The molecule has 0 saturated heterocycles. The van der Waals surface area contributed by atoms with Crippen LogP contribution >= 0.6 is 15.9 Å². The predicted molar refractivity (Wildman–Crippen MR) is 118 cm³/mol. The molecule has 1 N–H and O–H groups in total. The minimum Gasteiger partial charge on any atom is -0.493 e. The Balaban J connectivity index is 1.62. The van der Waals surface area contributed by atoms with Gasteiger partial charge in [-0.25, -0.2) is 10.2 Å². The highest BCUT2D eigenvalue weighted by Gasteiger charge is 2.13. The number of nitrogens with one attached hydrogen (secondary N) is 1. The third-order valence-corrected chi connectivity index (χ3v) is 4.55. The Hall–Kier alpha value is -3.45. The first-order valence-electron chi connectivity index (χ1n) is 9.07. The molecule has 7 heteroatoms. The van der Waals surface area contributed by atoms with E-state index in [9.17, 15) is 9.59 Å². The van der Waals surface area contributed by atoms with Crippen LogP contribution in [0.4, 0.5) is 0 Å². The maximum atomic E-state index is 12.3. The smallest absolute Gasteiger partial charge is 0.343 e. The standard InChI is InChI=1S/C23H19BrN2O4/c1-29-21-12-17(15-25-26-22(27)13-16-6-3-2-4-7-16)10-11-20(21)30-23(28)18-8-5-9-19(24)14-18/h2-12,14-15H,13H2,1H3,(H,26,27). The minimum atomic E-state index is -0.496. The van der Waals surface area contributed by atoms with Crippen LogP contribution in [0.1, 0.15) is 21.5 Å². The molecular formula is C23H19BrN2O4. The number of amides is 1. The van der Waals surface area contributed by atoms with Gasteiger partial charge in [-0.2, -0.15) is 5.10 Å². The lowest BCUT2D eigenvalue weighted by Gasteiger charge is -2.10. The molecule has 6 nitrogen and oxygen atoms in total. The zero-order valence-corrected chi connectivity index (χ0v) is 17.8. The number of carbonyl (C=O) groups is 2. The van der Waals surface area contributed by atoms with Gasteiger partial charge in [0.25, 0.3) is 0 Å². The molecule has 0 atom stereocenters. The van der Waals surface area contributed by atoms with E-state index < -0.39 is 5.97 Å². The summed E-state index contributed by atoms with van der Waals surface area (Å²) < 4.78 is 11.5. The largest absolute Gasteiger partial charge is 0.493 e. The summed E-state index contributed by atoms with van der Waals surface area (Å²) in [6, 6.07) is 21.3. The summed E-state index contributed by atoms with van der Waals surface area (Å²) in [5, 5.41) is 3.97. The number of hydrogen-bond donors (Lipinski definition) is 1. The van der Waals surface area contributed by atoms with Gasteiger partial charge < -0.3 is 9.47 Å². The van der Waals surface area contributed by atoms with E-state index in [1.165, 1.54) is 13.3 Å². The molecule has 0 aliphatic heterocycles. The topological polar surface area (TPSA) is 77.0 Å². The molecule has 152 valence electrons. The Kier molecular flexibility index (Phi) is 7.34. The Morgan fingerprint density at radius 1 is 1.00 bits per heavy atom. The molecular weight excluding hydrogens is 448 g/mol. The van der Waals surface area contributed by atoms with Crippen molar-refractivity contribution >= 4 is 34.0 Å². The number of halogens is 1. The van der Waals surface area contributed by atoms with Gasteiger partial charge in [-0.1, -0.05) is 52.3 Å². The number of hydrazone groups is 1. The summed E-state index contributed by atoms with van der Waals surface area (Å²) in [4.78, 5) is 24.3. The van der Waals surface area contributed by atoms with Crippen molar-refractivity contribution in [1.29, 1.82) is 0 Å². The van der Waals surface area contributed by atoms with Gasteiger partial charge in [-0.15, -0.1) is 0 Å². The van der Waals surface area contributed by atoms with Gasteiger partial charge in [0.15, 0.2) is 11.5 Å². The highest BCUT2D eigenvalue weighted by atomic mass is 79.9. The molecule has 0 heterocycles. The molecule has 1 amide bonds. The van der Waals surface area contributed by atoms with Gasteiger partial charge in [0.1, 0.15) is 0 Å². The number of benzene rings is 3. The van der Waals surface area contributed by atoms with Gasteiger partial charge in [0, 0.05) is 4.47 Å². The average Bonchev–Trinajstić information content (AvgIpc) is 2.75. The van der Waals surface area contributed by atoms with Crippen molar-refractivity contribution in [2.45, 2.75) is 6.42 Å².